The summed E-state index contributed by atoms with van der Waals surface area (Å²) < 4.78 is 5.51. The first-order valence-electron chi connectivity index (χ1n) is 8.70. The molecule has 0 saturated heterocycles. The Balaban J connectivity index is 1.58. The van der Waals surface area contributed by atoms with Crippen LogP contribution in [0, 0.1) is 0 Å². The minimum absolute atomic E-state index is 0.139. The van der Waals surface area contributed by atoms with Crippen molar-refractivity contribution in [1.82, 2.24) is 10.2 Å². The summed E-state index contributed by atoms with van der Waals surface area (Å²) in [5.41, 5.74) is 1.32. The van der Waals surface area contributed by atoms with Crippen molar-refractivity contribution in [2.75, 3.05) is 17.7 Å². The Morgan fingerprint density at radius 2 is 2.00 bits per heavy atom. The lowest BCUT2D eigenvalue weighted by atomic mass is 10.00. The molecule has 2 aromatic heterocycles. The standard InChI is InChI=1S/C17H21N3O3S3/c1-2-23-14(21)10-24-17-20-19-16(26-17)18-15(22)13-9-11-7-5-3-4-6-8-12(11)25-13/h9H,2-8,10H2,1H3,(H,18,19,22). The summed E-state index contributed by atoms with van der Waals surface area (Å²) in [6.07, 6.45) is 7.07. The zero-order chi connectivity index (χ0) is 18.4. The van der Waals surface area contributed by atoms with E-state index in [-0.39, 0.29) is 17.6 Å². The van der Waals surface area contributed by atoms with Crippen molar-refractivity contribution in [1.29, 1.82) is 0 Å². The number of carbonyl (C=O) groups is 2. The van der Waals surface area contributed by atoms with E-state index in [1.54, 1.807) is 18.3 Å². The number of nitrogens with zero attached hydrogens (tertiary/aromatic N) is 2. The number of thiophene rings is 1. The number of anilines is 1. The lowest BCUT2D eigenvalue weighted by molar-refractivity contribution is -0.139. The van der Waals surface area contributed by atoms with Crippen LogP contribution in [0.5, 0.6) is 0 Å². The van der Waals surface area contributed by atoms with Crippen molar-refractivity contribution in [2.24, 2.45) is 0 Å². The van der Waals surface area contributed by atoms with E-state index in [0.29, 0.717) is 16.1 Å². The number of hydrogen-bond acceptors (Lipinski definition) is 8. The summed E-state index contributed by atoms with van der Waals surface area (Å²) in [7, 11) is 0. The van der Waals surface area contributed by atoms with E-state index in [0.717, 1.165) is 17.7 Å². The number of nitrogens with one attached hydrogen (secondary N) is 1. The van der Waals surface area contributed by atoms with Gasteiger partial charge in [-0.25, -0.2) is 0 Å². The van der Waals surface area contributed by atoms with Crippen LogP contribution in [0.25, 0.3) is 0 Å². The van der Waals surface area contributed by atoms with Crippen molar-refractivity contribution in [2.45, 2.75) is 49.8 Å². The molecule has 1 aliphatic carbocycles. The summed E-state index contributed by atoms with van der Waals surface area (Å²) >= 11 is 4.11. The first-order valence-corrected chi connectivity index (χ1v) is 11.3. The Labute approximate surface area is 164 Å². The van der Waals surface area contributed by atoms with Crippen LogP contribution < -0.4 is 5.32 Å². The number of amides is 1. The lowest BCUT2D eigenvalue weighted by Crippen LogP contribution is -2.09. The van der Waals surface area contributed by atoms with Gasteiger partial charge >= 0.3 is 5.97 Å². The SMILES string of the molecule is CCOC(=O)CSc1nnc(NC(=O)c2cc3c(s2)CCCCCC3)s1. The van der Waals surface area contributed by atoms with E-state index in [1.807, 2.05) is 6.07 Å². The number of fused-ring (bicyclic) bond motifs is 1. The number of thioether (sulfide) groups is 1. The van der Waals surface area contributed by atoms with Crippen LogP contribution in [0.4, 0.5) is 5.13 Å². The van der Waals surface area contributed by atoms with Gasteiger partial charge in [0.25, 0.3) is 5.91 Å². The molecule has 1 aliphatic rings. The summed E-state index contributed by atoms with van der Waals surface area (Å²) in [5, 5.41) is 11.2. The molecule has 0 bridgehead atoms. The van der Waals surface area contributed by atoms with Crippen LogP contribution in [-0.2, 0) is 22.4 Å². The maximum atomic E-state index is 12.5. The number of esters is 1. The number of hydrogen-bond donors (Lipinski definition) is 1. The van der Waals surface area contributed by atoms with E-state index in [2.05, 4.69) is 15.5 Å². The molecule has 6 nitrogen and oxygen atoms in total. The molecule has 2 aromatic rings. The number of carbonyl (C=O) groups excluding carboxylic acids is 2. The van der Waals surface area contributed by atoms with E-state index in [9.17, 15) is 9.59 Å². The maximum Gasteiger partial charge on any atom is 0.316 e. The van der Waals surface area contributed by atoms with Crippen LogP contribution in [0.2, 0.25) is 0 Å². The molecule has 0 unspecified atom stereocenters. The second kappa shape index (κ2) is 9.48. The molecule has 26 heavy (non-hydrogen) atoms. The molecule has 0 saturated carbocycles. The third kappa shape index (κ3) is 5.28. The molecule has 1 amide bonds. The quantitative estimate of drug-likeness (QED) is 0.437. The van der Waals surface area contributed by atoms with Gasteiger partial charge in [0, 0.05) is 4.88 Å². The fourth-order valence-corrected chi connectivity index (χ4v) is 5.45. The summed E-state index contributed by atoms with van der Waals surface area (Å²) in [6, 6.07) is 2.03. The molecule has 0 aromatic carbocycles. The average Bonchev–Trinajstić information content (AvgIpc) is 3.20. The Morgan fingerprint density at radius 3 is 2.81 bits per heavy atom. The van der Waals surface area contributed by atoms with Crippen molar-refractivity contribution in [3.8, 4) is 0 Å². The van der Waals surface area contributed by atoms with Crippen LogP contribution >= 0.6 is 34.4 Å². The molecule has 0 atom stereocenters. The van der Waals surface area contributed by atoms with Gasteiger partial charge in [-0.1, -0.05) is 35.9 Å². The third-order valence-corrected chi connectivity index (χ3v) is 7.15. The molecule has 0 aliphatic heterocycles. The maximum absolute atomic E-state index is 12.5. The number of ether oxygens (including phenoxy) is 1. The summed E-state index contributed by atoms with van der Waals surface area (Å²) in [6.45, 7) is 2.13. The van der Waals surface area contributed by atoms with Crippen molar-refractivity contribution in [3.63, 3.8) is 0 Å². The van der Waals surface area contributed by atoms with Gasteiger partial charge in [-0.15, -0.1) is 21.5 Å². The summed E-state index contributed by atoms with van der Waals surface area (Å²) in [4.78, 5) is 26.0. The normalized spacial score (nSPS) is 14.2. The van der Waals surface area contributed by atoms with E-state index >= 15 is 0 Å². The fraction of sp³-hybridized carbons (Fsp3) is 0.529. The first-order chi connectivity index (χ1) is 12.7. The Bertz CT molecular complexity index is 747. The highest BCUT2D eigenvalue weighted by atomic mass is 32.2. The molecular weight excluding hydrogens is 390 g/mol. The number of rotatable bonds is 6. The monoisotopic (exact) mass is 411 g/mol. The lowest BCUT2D eigenvalue weighted by Gasteiger charge is -2.07. The van der Waals surface area contributed by atoms with Gasteiger partial charge in [0.1, 0.15) is 0 Å². The Hall–Kier alpha value is -1.45. The highest BCUT2D eigenvalue weighted by Gasteiger charge is 2.17. The average molecular weight is 412 g/mol. The van der Waals surface area contributed by atoms with E-state index in [1.165, 1.54) is 59.2 Å². The molecule has 0 spiro atoms. The summed E-state index contributed by atoms with van der Waals surface area (Å²) in [5.74, 6) is -0.234. The van der Waals surface area contributed by atoms with Crippen LogP contribution in [-0.4, -0.2) is 34.4 Å². The highest BCUT2D eigenvalue weighted by molar-refractivity contribution is 8.01. The van der Waals surface area contributed by atoms with Crippen molar-refractivity contribution < 1.29 is 14.3 Å². The van der Waals surface area contributed by atoms with Gasteiger partial charge in [0.2, 0.25) is 5.13 Å². The first kappa shape index (κ1) is 19.3. The minimum atomic E-state index is -0.283. The molecule has 0 radical (unpaired) electrons. The zero-order valence-electron chi connectivity index (χ0n) is 14.6. The zero-order valence-corrected chi connectivity index (χ0v) is 17.0. The topological polar surface area (TPSA) is 81.2 Å². The Morgan fingerprint density at radius 1 is 1.19 bits per heavy atom. The molecular formula is C17H21N3O3S3. The van der Waals surface area contributed by atoms with E-state index in [4.69, 9.17) is 4.74 Å². The van der Waals surface area contributed by atoms with Gasteiger partial charge in [0.15, 0.2) is 4.34 Å². The van der Waals surface area contributed by atoms with Crippen molar-refractivity contribution in [3.05, 3.63) is 21.4 Å². The molecule has 140 valence electrons. The second-order valence-electron chi connectivity index (χ2n) is 5.89. The molecule has 9 heteroatoms. The predicted molar refractivity (Wildman–Crippen MR) is 105 cm³/mol. The van der Waals surface area contributed by atoms with Gasteiger partial charge in [0.05, 0.1) is 17.2 Å². The molecule has 1 N–H and O–H groups in total. The van der Waals surface area contributed by atoms with E-state index < -0.39 is 0 Å². The molecule has 0 fully saturated rings. The van der Waals surface area contributed by atoms with Crippen molar-refractivity contribution >= 4 is 51.4 Å². The largest absolute Gasteiger partial charge is 0.465 e. The number of aromatic nitrogens is 2. The second-order valence-corrected chi connectivity index (χ2v) is 9.23. The highest BCUT2D eigenvalue weighted by Crippen LogP contribution is 2.30. The Kier molecular flexibility index (Phi) is 7.04. The van der Waals surface area contributed by atoms with Crippen LogP contribution in [0.3, 0.4) is 0 Å². The van der Waals surface area contributed by atoms with Crippen LogP contribution in [0.1, 0.15) is 52.7 Å². The van der Waals surface area contributed by atoms with Gasteiger partial charge in [-0.05, 0) is 44.2 Å². The van der Waals surface area contributed by atoms with Gasteiger partial charge in [-0.3, -0.25) is 14.9 Å². The predicted octanol–water partition coefficient (Wildman–Crippen LogP) is 4.17. The third-order valence-electron chi connectivity index (χ3n) is 3.97. The smallest absolute Gasteiger partial charge is 0.316 e. The molecule has 2 heterocycles. The van der Waals surface area contributed by atoms with Gasteiger partial charge in [-0.2, -0.15) is 0 Å². The fourth-order valence-electron chi connectivity index (χ4n) is 2.76. The number of aryl methyl sites for hydroxylation is 2. The minimum Gasteiger partial charge on any atom is -0.465 e. The van der Waals surface area contributed by atoms with Crippen LogP contribution in [0.15, 0.2) is 10.4 Å². The van der Waals surface area contributed by atoms with Gasteiger partial charge < -0.3 is 4.74 Å². The molecule has 3 rings (SSSR count).